The van der Waals surface area contributed by atoms with Crippen molar-refractivity contribution in [2.24, 2.45) is 0 Å². The minimum absolute atomic E-state index is 0.181. The molecular formula is C26H28ClN3O2. The van der Waals surface area contributed by atoms with E-state index in [9.17, 15) is 4.79 Å². The van der Waals surface area contributed by atoms with Crippen LogP contribution in [0.5, 0.6) is 5.75 Å². The summed E-state index contributed by atoms with van der Waals surface area (Å²) in [6.45, 7) is 7.74. The molecule has 0 aliphatic carbocycles. The van der Waals surface area contributed by atoms with E-state index in [2.05, 4.69) is 22.0 Å². The zero-order chi connectivity index (χ0) is 22.3. The summed E-state index contributed by atoms with van der Waals surface area (Å²) in [5.74, 6) is 0.543. The Morgan fingerprint density at radius 3 is 2.34 bits per heavy atom. The molecule has 0 bridgehead atoms. The number of anilines is 2. The van der Waals surface area contributed by atoms with Gasteiger partial charge in [-0.05, 0) is 54.6 Å². The lowest BCUT2D eigenvalue weighted by Gasteiger charge is -2.36. The SMILES string of the molecule is CCN1CCN(c2ccc(NC(=O)c3ccc(OCc4ccccc4)cc3)cc2Cl)CC1. The van der Waals surface area contributed by atoms with Crippen LogP contribution in [0.15, 0.2) is 72.8 Å². The number of nitrogens with zero attached hydrogens (tertiary/aromatic N) is 2. The number of hydrogen-bond donors (Lipinski definition) is 1. The molecule has 1 N–H and O–H groups in total. The van der Waals surface area contributed by atoms with Crippen LogP contribution in [0, 0.1) is 0 Å². The van der Waals surface area contributed by atoms with E-state index in [1.165, 1.54) is 0 Å². The Balaban J connectivity index is 1.33. The molecule has 0 aromatic heterocycles. The van der Waals surface area contributed by atoms with Crippen LogP contribution in [0.4, 0.5) is 11.4 Å². The fourth-order valence-electron chi connectivity index (χ4n) is 3.79. The zero-order valence-corrected chi connectivity index (χ0v) is 19.0. The molecule has 1 heterocycles. The number of carbonyl (C=O) groups excluding carboxylic acids is 1. The largest absolute Gasteiger partial charge is 0.489 e. The molecule has 6 heteroatoms. The normalized spacial score (nSPS) is 14.2. The van der Waals surface area contributed by atoms with Crippen LogP contribution in [-0.4, -0.2) is 43.5 Å². The fraction of sp³-hybridized carbons (Fsp3) is 0.269. The molecular weight excluding hydrogens is 422 g/mol. The second kappa shape index (κ2) is 10.5. The zero-order valence-electron chi connectivity index (χ0n) is 18.3. The number of benzene rings is 3. The first-order valence-electron chi connectivity index (χ1n) is 11.0. The molecule has 0 radical (unpaired) electrons. The lowest BCUT2D eigenvalue weighted by atomic mass is 10.2. The Morgan fingerprint density at radius 2 is 1.69 bits per heavy atom. The van der Waals surface area contributed by atoms with Crippen molar-refractivity contribution in [1.82, 2.24) is 4.90 Å². The van der Waals surface area contributed by atoms with E-state index in [0.717, 1.165) is 49.7 Å². The van der Waals surface area contributed by atoms with Gasteiger partial charge in [-0.3, -0.25) is 4.79 Å². The topological polar surface area (TPSA) is 44.8 Å². The summed E-state index contributed by atoms with van der Waals surface area (Å²) in [5.41, 5.74) is 3.36. The second-order valence-electron chi connectivity index (χ2n) is 7.84. The third-order valence-corrected chi connectivity index (χ3v) is 6.03. The highest BCUT2D eigenvalue weighted by atomic mass is 35.5. The van der Waals surface area contributed by atoms with Gasteiger partial charge in [-0.25, -0.2) is 0 Å². The maximum absolute atomic E-state index is 12.7. The number of rotatable bonds is 7. The quantitative estimate of drug-likeness (QED) is 0.530. The van der Waals surface area contributed by atoms with Crippen LogP contribution in [0.3, 0.4) is 0 Å². The van der Waals surface area contributed by atoms with Crippen LogP contribution < -0.4 is 15.0 Å². The van der Waals surface area contributed by atoms with Gasteiger partial charge in [0, 0.05) is 37.4 Å². The summed E-state index contributed by atoms with van der Waals surface area (Å²) < 4.78 is 5.79. The third kappa shape index (κ3) is 5.61. The molecule has 0 saturated carbocycles. The number of ether oxygens (including phenoxy) is 1. The summed E-state index contributed by atoms with van der Waals surface area (Å²) in [4.78, 5) is 17.4. The number of halogens is 1. The van der Waals surface area contributed by atoms with Gasteiger partial charge in [-0.1, -0.05) is 48.9 Å². The van der Waals surface area contributed by atoms with Crippen molar-refractivity contribution in [3.8, 4) is 5.75 Å². The van der Waals surface area contributed by atoms with Crippen molar-refractivity contribution < 1.29 is 9.53 Å². The molecule has 1 saturated heterocycles. The standard InChI is InChI=1S/C26H28ClN3O2/c1-2-29-14-16-30(17-15-29)25-13-10-22(18-24(25)27)28-26(31)21-8-11-23(12-9-21)32-19-20-6-4-3-5-7-20/h3-13,18H,2,14-17,19H2,1H3,(H,28,31). The Bertz CT molecular complexity index is 1030. The van der Waals surface area contributed by atoms with Gasteiger partial charge in [0.25, 0.3) is 5.91 Å². The molecule has 1 aliphatic rings. The van der Waals surface area contributed by atoms with Crippen molar-refractivity contribution in [1.29, 1.82) is 0 Å². The van der Waals surface area contributed by atoms with Gasteiger partial charge in [-0.15, -0.1) is 0 Å². The Hall–Kier alpha value is -3.02. The molecule has 1 fully saturated rings. The predicted octanol–water partition coefficient (Wildman–Crippen LogP) is 5.31. The molecule has 3 aromatic rings. The molecule has 1 amide bonds. The molecule has 4 rings (SSSR count). The van der Waals surface area contributed by atoms with Gasteiger partial charge in [0.05, 0.1) is 10.7 Å². The number of nitrogens with one attached hydrogen (secondary N) is 1. The molecule has 0 unspecified atom stereocenters. The highest BCUT2D eigenvalue weighted by Crippen LogP contribution is 2.30. The van der Waals surface area contributed by atoms with E-state index in [0.29, 0.717) is 22.9 Å². The van der Waals surface area contributed by atoms with Gasteiger partial charge in [0.15, 0.2) is 0 Å². The summed E-state index contributed by atoms with van der Waals surface area (Å²) >= 11 is 6.55. The van der Waals surface area contributed by atoms with Crippen molar-refractivity contribution in [3.05, 3.63) is 88.9 Å². The van der Waals surface area contributed by atoms with Crippen LogP contribution >= 0.6 is 11.6 Å². The van der Waals surface area contributed by atoms with E-state index in [-0.39, 0.29) is 5.91 Å². The molecule has 0 spiro atoms. The maximum atomic E-state index is 12.7. The van der Waals surface area contributed by atoms with Gasteiger partial charge in [-0.2, -0.15) is 0 Å². The molecule has 32 heavy (non-hydrogen) atoms. The molecule has 0 atom stereocenters. The average molecular weight is 450 g/mol. The summed E-state index contributed by atoms with van der Waals surface area (Å²) in [6.07, 6.45) is 0. The van der Waals surface area contributed by atoms with Gasteiger partial charge >= 0.3 is 0 Å². The fourth-order valence-corrected chi connectivity index (χ4v) is 4.09. The highest BCUT2D eigenvalue weighted by molar-refractivity contribution is 6.33. The lowest BCUT2D eigenvalue weighted by molar-refractivity contribution is 0.102. The van der Waals surface area contributed by atoms with Gasteiger partial charge < -0.3 is 19.9 Å². The Kier molecular flexibility index (Phi) is 7.30. The number of likely N-dealkylation sites (N-methyl/N-ethyl adjacent to an activating group) is 1. The monoisotopic (exact) mass is 449 g/mol. The predicted molar refractivity (Wildman–Crippen MR) is 131 cm³/mol. The first-order valence-corrected chi connectivity index (χ1v) is 11.3. The van der Waals surface area contributed by atoms with Crippen LogP contribution in [0.1, 0.15) is 22.8 Å². The van der Waals surface area contributed by atoms with Crippen molar-refractivity contribution in [3.63, 3.8) is 0 Å². The maximum Gasteiger partial charge on any atom is 0.255 e. The first kappa shape index (κ1) is 22.2. The summed E-state index contributed by atoms with van der Waals surface area (Å²) in [6, 6.07) is 22.8. The van der Waals surface area contributed by atoms with Gasteiger partial charge in [0.2, 0.25) is 0 Å². The second-order valence-corrected chi connectivity index (χ2v) is 8.25. The van der Waals surface area contributed by atoms with E-state index < -0.39 is 0 Å². The molecule has 3 aromatic carbocycles. The van der Waals surface area contributed by atoms with E-state index in [1.54, 1.807) is 12.1 Å². The van der Waals surface area contributed by atoms with E-state index in [1.807, 2.05) is 60.7 Å². The summed E-state index contributed by atoms with van der Waals surface area (Å²) in [5, 5.41) is 3.58. The lowest BCUT2D eigenvalue weighted by Crippen LogP contribution is -2.46. The van der Waals surface area contributed by atoms with Crippen molar-refractivity contribution >= 4 is 28.9 Å². The number of hydrogen-bond acceptors (Lipinski definition) is 4. The number of amides is 1. The first-order chi connectivity index (χ1) is 15.6. The molecule has 1 aliphatic heterocycles. The number of carbonyl (C=O) groups is 1. The minimum Gasteiger partial charge on any atom is -0.489 e. The van der Waals surface area contributed by atoms with E-state index in [4.69, 9.17) is 16.3 Å². The third-order valence-electron chi connectivity index (χ3n) is 5.73. The smallest absolute Gasteiger partial charge is 0.255 e. The number of piperazine rings is 1. The molecule has 166 valence electrons. The summed E-state index contributed by atoms with van der Waals surface area (Å²) in [7, 11) is 0. The Morgan fingerprint density at radius 1 is 0.969 bits per heavy atom. The average Bonchev–Trinajstić information content (AvgIpc) is 2.84. The van der Waals surface area contributed by atoms with Crippen molar-refractivity contribution in [2.45, 2.75) is 13.5 Å². The highest BCUT2D eigenvalue weighted by Gasteiger charge is 2.18. The minimum atomic E-state index is -0.181. The van der Waals surface area contributed by atoms with Crippen molar-refractivity contribution in [2.75, 3.05) is 42.9 Å². The molecule has 5 nitrogen and oxygen atoms in total. The van der Waals surface area contributed by atoms with Crippen LogP contribution in [0.2, 0.25) is 5.02 Å². The van der Waals surface area contributed by atoms with Crippen LogP contribution in [-0.2, 0) is 6.61 Å². The van der Waals surface area contributed by atoms with Crippen LogP contribution in [0.25, 0.3) is 0 Å². The van der Waals surface area contributed by atoms with Gasteiger partial charge in [0.1, 0.15) is 12.4 Å². The van der Waals surface area contributed by atoms with E-state index >= 15 is 0 Å². The Labute approximate surface area is 194 Å².